The summed E-state index contributed by atoms with van der Waals surface area (Å²) in [5, 5.41) is 0.156. The maximum absolute atomic E-state index is 12.9. The fourth-order valence-corrected chi connectivity index (χ4v) is 1.38. The van der Waals surface area contributed by atoms with Crippen LogP contribution in [0.2, 0.25) is 5.02 Å². The Kier molecular flexibility index (Phi) is 3.63. The van der Waals surface area contributed by atoms with Gasteiger partial charge in [-0.2, -0.15) is 0 Å². The summed E-state index contributed by atoms with van der Waals surface area (Å²) in [4.78, 5) is 13.2. The number of halogens is 2. The first-order valence-corrected chi connectivity index (χ1v) is 4.12. The molecule has 0 aliphatic heterocycles. The van der Waals surface area contributed by atoms with Gasteiger partial charge in [-0.05, 0) is 12.1 Å². The lowest BCUT2D eigenvalue weighted by Gasteiger charge is -2.07. The second-order valence-corrected chi connectivity index (χ2v) is 2.89. The molecule has 0 atom stereocenters. The van der Waals surface area contributed by atoms with Crippen molar-refractivity contribution in [3.05, 3.63) is 28.5 Å². The smallest absolute Gasteiger partial charge is 0.235 e. The Hall–Kier alpha value is -1.38. The van der Waals surface area contributed by atoms with E-state index in [0.717, 1.165) is 6.07 Å². The molecule has 0 saturated heterocycles. The van der Waals surface area contributed by atoms with Crippen molar-refractivity contribution in [3.63, 3.8) is 0 Å². The SMILES string of the molecule is COc1c(Cl)cc(F)cc1CN=C=O. The molecule has 1 rings (SSSR count). The van der Waals surface area contributed by atoms with Crippen LogP contribution in [0.25, 0.3) is 0 Å². The van der Waals surface area contributed by atoms with Crippen molar-refractivity contribution in [1.82, 2.24) is 0 Å². The summed E-state index contributed by atoms with van der Waals surface area (Å²) in [6.45, 7) is 0.00412. The summed E-state index contributed by atoms with van der Waals surface area (Å²) in [6.07, 6.45) is 1.36. The highest BCUT2D eigenvalue weighted by molar-refractivity contribution is 6.32. The van der Waals surface area contributed by atoms with Crippen LogP contribution < -0.4 is 4.74 Å². The van der Waals surface area contributed by atoms with E-state index in [1.54, 1.807) is 0 Å². The van der Waals surface area contributed by atoms with Crippen LogP contribution >= 0.6 is 11.6 Å². The van der Waals surface area contributed by atoms with Crippen molar-refractivity contribution < 1.29 is 13.9 Å². The molecule has 0 unspecified atom stereocenters. The molecule has 0 fully saturated rings. The van der Waals surface area contributed by atoms with Crippen molar-refractivity contribution in [3.8, 4) is 5.75 Å². The number of carbonyl (C=O) groups excluding carboxylic acids is 1. The largest absolute Gasteiger partial charge is 0.495 e. The van der Waals surface area contributed by atoms with E-state index in [1.165, 1.54) is 19.3 Å². The predicted molar refractivity (Wildman–Crippen MR) is 49.8 cm³/mol. The molecule has 0 spiro atoms. The summed E-state index contributed by atoms with van der Waals surface area (Å²) >= 11 is 5.71. The molecule has 3 nitrogen and oxygen atoms in total. The summed E-state index contributed by atoms with van der Waals surface area (Å²) in [7, 11) is 1.41. The Morgan fingerprint density at radius 2 is 2.36 bits per heavy atom. The molecule has 0 radical (unpaired) electrons. The average molecular weight is 216 g/mol. The maximum Gasteiger partial charge on any atom is 0.235 e. The fourth-order valence-electron chi connectivity index (χ4n) is 1.08. The lowest BCUT2D eigenvalue weighted by molar-refractivity contribution is 0.408. The lowest BCUT2D eigenvalue weighted by Crippen LogP contribution is -1.93. The van der Waals surface area contributed by atoms with E-state index in [2.05, 4.69) is 4.99 Å². The number of aliphatic imine (C=N–C) groups is 1. The highest BCUT2D eigenvalue weighted by atomic mass is 35.5. The molecular formula is C9H7ClFNO2. The third-order valence-corrected chi connectivity index (χ3v) is 1.88. The number of rotatable bonds is 3. The summed E-state index contributed by atoms with van der Waals surface area (Å²) < 4.78 is 17.8. The van der Waals surface area contributed by atoms with Gasteiger partial charge in [-0.25, -0.2) is 14.2 Å². The first kappa shape index (κ1) is 10.7. The van der Waals surface area contributed by atoms with Crippen LogP contribution in [-0.4, -0.2) is 13.2 Å². The zero-order valence-electron chi connectivity index (χ0n) is 7.38. The van der Waals surface area contributed by atoms with Crippen molar-refractivity contribution >= 4 is 17.7 Å². The molecule has 0 amide bonds. The maximum atomic E-state index is 12.9. The van der Waals surface area contributed by atoms with E-state index >= 15 is 0 Å². The van der Waals surface area contributed by atoms with Crippen LogP contribution in [0, 0.1) is 5.82 Å². The van der Waals surface area contributed by atoms with Crippen molar-refractivity contribution in [1.29, 1.82) is 0 Å². The van der Waals surface area contributed by atoms with Gasteiger partial charge in [-0.1, -0.05) is 11.6 Å². The number of hydrogen-bond donors (Lipinski definition) is 0. The van der Waals surface area contributed by atoms with Crippen molar-refractivity contribution in [2.45, 2.75) is 6.54 Å². The minimum absolute atomic E-state index is 0.00412. The quantitative estimate of drug-likeness (QED) is 0.573. The normalized spacial score (nSPS) is 9.36. The van der Waals surface area contributed by atoms with E-state index in [0.29, 0.717) is 11.3 Å². The monoisotopic (exact) mass is 215 g/mol. The zero-order valence-corrected chi connectivity index (χ0v) is 8.14. The predicted octanol–water partition coefficient (Wildman–Crippen LogP) is 2.32. The minimum Gasteiger partial charge on any atom is -0.495 e. The second kappa shape index (κ2) is 4.74. The molecule has 0 heterocycles. The summed E-state index contributed by atoms with van der Waals surface area (Å²) in [6, 6.07) is 2.35. The lowest BCUT2D eigenvalue weighted by atomic mass is 10.2. The van der Waals surface area contributed by atoms with Crippen molar-refractivity contribution in [2.75, 3.05) is 7.11 Å². The Balaban J connectivity index is 3.17. The second-order valence-electron chi connectivity index (χ2n) is 2.49. The number of isocyanates is 1. The van der Waals surface area contributed by atoms with E-state index in [4.69, 9.17) is 16.3 Å². The molecule has 14 heavy (non-hydrogen) atoms. The average Bonchev–Trinajstić information content (AvgIpc) is 2.14. The third-order valence-electron chi connectivity index (χ3n) is 1.60. The topological polar surface area (TPSA) is 38.7 Å². The molecule has 0 N–H and O–H groups in total. The molecule has 0 saturated carbocycles. The molecule has 0 aromatic heterocycles. The van der Waals surface area contributed by atoms with Crippen LogP contribution in [0.3, 0.4) is 0 Å². The number of hydrogen-bond acceptors (Lipinski definition) is 3. The van der Waals surface area contributed by atoms with Gasteiger partial charge in [0.1, 0.15) is 11.6 Å². The van der Waals surface area contributed by atoms with Gasteiger partial charge in [-0.15, -0.1) is 0 Å². The Labute approximate surface area is 85.2 Å². The van der Waals surface area contributed by atoms with Gasteiger partial charge in [0.25, 0.3) is 0 Å². The molecule has 5 heteroatoms. The molecule has 1 aromatic rings. The van der Waals surface area contributed by atoms with Gasteiger partial charge >= 0.3 is 0 Å². The number of benzene rings is 1. The summed E-state index contributed by atoms with van der Waals surface area (Å²) in [5.74, 6) is -0.168. The fraction of sp³-hybridized carbons (Fsp3) is 0.222. The van der Waals surface area contributed by atoms with Crippen LogP contribution in [0.1, 0.15) is 5.56 Å². The molecule has 0 bridgehead atoms. The standard InChI is InChI=1S/C9H7ClFNO2/c1-14-9-6(4-12-5-13)2-7(11)3-8(9)10/h2-3H,4H2,1H3. The molecule has 1 aromatic carbocycles. The van der Waals surface area contributed by atoms with Crippen LogP contribution in [0.4, 0.5) is 4.39 Å². The highest BCUT2D eigenvalue weighted by Gasteiger charge is 2.09. The summed E-state index contributed by atoms with van der Waals surface area (Å²) in [5.41, 5.74) is 0.417. The van der Waals surface area contributed by atoms with E-state index < -0.39 is 5.82 Å². The molecule has 74 valence electrons. The first-order valence-electron chi connectivity index (χ1n) is 3.74. The molecule has 0 aliphatic carbocycles. The van der Waals surface area contributed by atoms with Gasteiger partial charge in [0.2, 0.25) is 6.08 Å². The highest BCUT2D eigenvalue weighted by Crippen LogP contribution is 2.30. The van der Waals surface area contributed by atoms with Gasteiger partial charge in [-0.3, -0.25) is 0 Å². The Bertz CT molecular complexity index is 389. The first-order chi connectivity index (χ1) is 6.69. The van der Waals surface area contributed by atoms with E-state index in [1.807, 2.05) is 0 Å². The Morgan fingerprint density at radius 1 is 1.64 bits per heavy atom. The number of methoxy groups -OCH3 is 1. The minimum atomic E-state index is -0.494. The van der Waals surface area contributed by atoms with Gasteiger partial charge in [0.05, 0.1) is 18.7 Å². The van der Waals surface area contributed by atoms with Crippen molar-refractivity contribution in [2.24, 2.45) is 4.99 Å². The van der Waals surface area contributed by atoms with Gasteiger partial charge in [0, 0.05) is 5.56 Å². The number of ether oxygens (including phenoxy) is 1. The van der Waals surface area contributed by atoms with E-state index in [9.17, 15) is 9.18 Å². The molecular weight excluding hydrogens is 209 g/mol. The third kappa shape index (κ3) is 2.31. The van der Waals surface area contributed by atoms with Crippen LogP contribution in [-0.2, 0) is 11.3 Å². The zero-order chi connectivity index (χ0) is 10.6. The van der Waals surface area contributed by atoms with Crippen LogP contribution in [0.15, 0.2) is 17.1 Å². The number of nitrogens with zero attached hydrogens (tertiary/aromatic N) is 1. The van der Waals surface area contributed by atoms with Gasteiger partial charge in [0.15, 0.2) is 0 Å². The molecule has 0 aliphatic rings. The Morgan fingerprint density at radius 3 is 2.93 bits per heavy atom. The van der Waals surface area contributed by atoms with Gasteiger partial charge < -0.3 is 4.74 Å². The van der Waals surface area contributed by atoms with Crippen LogP contribution in [0.5, 0.6) is 5.75 Å². The van der Waals surface area contributed by atoms with E-state index in [-0.39, 0.29) is 11.6 Å².